The molecule has 0 saturated heterocycles. The minimum Gasteiger partial charge on any atom is -0.269 e. The van der Waals surface area contributed by atoms with Crippen molar-refractivity contribution in [3.05, 3.63) is 0 Å². The van der Waals surface area contributed by atoms with Crippen molar-refractivity contribution >= 4 is 0 Å². The fourth-order valence-electron chi connectivity index (χ4n) is 0. The third-order valence-corrected chi connectivity index (χ3v) is 0. The summed E-state index contributed by atoms with van der Waals surface area (Å²) in [5.74, 6) is 0. The van der Waals surface area contributed by atoms with Gasteiger partial charge in [0.25, 0.3) is 0 Å². The van der Waals surface area contributed by atoms with Gasteiger partial charge in [-0.3, -0.25) is 4.70 Å². The molecule has 0 saturated carbocycles. The first-order valence-electron chi connectivity index (χ1n) is 0. The molecule has 0 N–H and O–H groups in total. The molecule has 0 rings (SSSR count). The minimum absolute atomic E-state index is 0. The second-order valence-electron chi connectivity index (χ2n) is 0. The van der Waals surface area contributed by atoms with E-state index >= 15 is 0 Å². The smallest absolute Gasteiger partial charge is 0 e. The van der Waals surface area contributed by atoms with Gasteiger partial charge in [0.2, 0.25) is 0 Å². The maximum atomic E-state index is 0. The summed E-state index contributed by atoms with van der Waals surface area (Å²) in [6.45, 7) is 0. The quantitative estimate of drug-likeness (QED) is 0.488. The van der Waals surface area contributed by atoms with Gasteiger partial charge in [-0.25, -0.2) is 0 Å². The standard InChI is InChI=1S/FH.3V/h1H;;;. The maximum Gasteiger partial charge on any atom is 0 e. The number of hydrogen-bond acceptors (Lipinski definition) is 0. The molecule has 0 unspecified atom stereocenters. The molecule has 4 heteroatoms. The third-order valence-electron chi connectivity index (χ3n) is 0. The zero-order chi connectivity index (χ0) is 0. The molecule has 0 aromatic carbocycles. The van der Waals surface area contributed by atoms with Gasteiger partial charge in [-0.2, -0.15) is 0 Å². The van der Waals surface area contributed by atoms with Crippen LogP contribution in [0.1, 0.15) is 0 Å². The van der Waals surface area contributed by atoms with Crippen molar-refractivity contribution in [2.45, 2.75) is 0 Å². The Morgan fingerprint density at radius 1 is 0.500 bits per heavy atom. The molecule has 0 aromatic heterocycles. The molecular weight excluding hydrogens is 172 g/mol. The Labute approximate surface area is 60.1 Å². The zero-order valence-corrected chi connectivity index (χ0v) is 5.94. The van der Waals surface area contributed by atoms with Crippen LogP contribution in [0.25, 0.3) is 0 Å². The van der Waals surface area contributed by atoms with Gasteiger partial charge < -0.3 is 0 Å². The Bertz CT molecular complexity index is 3.25. The topological polar surface area (TPSA) is 0 Å². The van der Waals surface area contributed by atoms with Crippen LogP contribution >= 0.6 is 0 Å². The Kier molecular flexibility index (Phi) is 247. The maximum absolute atomic E-state index is 0. The summed E-state index contributed by atoms with van der Waals surface area (Å²) < 4.78 is 0. The largest absolute Gasteiger partial charge is 0.269 e. The number of halogens is 1. The van der Waals surface area contributed by atoms with Crippen molar-refractivity contribution < 1.29 is 60.4 Å². The van der Waals surface area contributed by atoms with Gasteiger partial charge in [-0.15, -0.1) is 0 Å². The Morgan fingerprint density at radius 2 is 0.500 bits per heavy atom. The summed E-state index contributed by atoms with van der Waals surface area (Å²) in [5, 5.41) is 0. The number of hydrogen-bond donors (Lipinski definition) is 0. The minimum atomic E-state index is 0. The van der Waals surface area contributed by atoms with Gasteiger partial charge >= 0.3 is 0 Å². The molecule has 4 heavy (non-hydrogen) atoms. The van der Waals surface area contributed by atoms with Crippen LogP contribution in [-0.2, 0) is 55.7 Å². The molecule has 0 bridgehead atoms. The monoisotopic (exact) mass is 173 g/mol. The van der Waals surface area contributed by atoms with Crippen LogP contribution in [0.3, 0.4) is 0 Å². The molecule has 0 aliphatic carbocycles. The molecule has 0 amide bonds. The van der Waals surface area contributed by atoms with Crippen molar-refractivity contribution in [2.75, 3.05) is 0 Å². The molecule has 0 atom stereocenters. The molecule has 0 aliphatic heterocycles. The van der Waals surface area contributed by atoms with Gasteiger partial charge in [0.15, 0.2) is 0 Å². The van der Waals surface area contributed by atoms with Gasteiger partial charge in [0.05, 0.1) is 0 Å². The van der Waals surface area contributed by atoms with E-state index in [1.807, 2.05) is 0 Å². The normalized spacial score (nSPS) is 0. The van der Waals surface area contributed by atoms with Crippen LogP contribution in [0.5, 0.6) is 0 Å². The van der Waals surface area contributed by atoms with Crippen LogP contribution in [0.2, 0.25) is 0 Å². The Hall–Kier alpha value is 1.68. The van der Waals surface area contributed by atoms with E-state index in [9.17, 15) is 0 Å². The molecule has 0 nitrogen and oxygen atoms in total. The van der Waals surface area contributed by atoms with Crippen LogP contribution < -0.4 is 0 Å². The van der Waals surface area contributed by atoms with E-state index in [0.29, 0.717) is 0 Å². The van der Waals surface area contributed by atoms with Gasteiger partial charge in [0.1, 0.15) is 0 Å². The van der Waals surface area contributed by atoms with E-state index in [0.717, 1.165) is 0 Å². The average molecular weight is 173 g/mol. The van der Waals surface area contributed by atoms with E-state index in [4.69, 9.17) is 0 Å². The fraction of sp³-hybridized carbons (Fsp3) is 0. The second-order valence-corrected chi connectivity index (χ2v) is 0. The summed E-state index contributed by atoms with van der Waals surface area (Å²) in [5.41, 5.74) is 0. The van der Waals surface area contributed by atoms with Crippen molar-refractivity contribution in [3.8, 4) is 0 Å². The van der Waals surface area contributed by atoms with Crippen LogP contribution in [-0.4, -0.2) is 0 Å². The molecule has 0 heterocycles. The average Bonchev–Trinajstić information content (AvgIpc) is 0. The summed E-state index contributed by atoms with van der Waals surface area (Å²) in [6.07, 6.45) is 0. The summed E-state index contributed by atoms with van der Waals surface area (Å²) in [6, 6.07) is 0. The number of rotatable bonds is 0. The predicted molar refractivity (Wildman–Crippen MR) is 2.50 cm³/mol. The van der Waals surface area contributed by atoms with Gasteiger partial charge in [0, 0.05) is 55.7 Å². The van der Waals surface area contributed by atoms with Crippen LogP contribution in [0.15, 0.2) is 0 Å². The summed E-state index contributed by atoms with van der Waals surface area (Å²) in [4.78, 5) is 0. The van der Waals surface area contributed by atoms with E-state index in [-0.39, 0.29) is 60.4 Å². The molecule has 0 fully saturated rings. The summed E-state index contributed by atoms with van der Waals surface area (Å²) in [7, 11) is 0. The Morgan fingerprint density at radius 3 is 0.500 bits per heavy atom. The van der Waals surface area contributed by atoms with E-state index in [1.165, 1.54) is 0 Å². The molecule has 0 aliphatic rings. The van der Waals surface area contributed by atoms with Crippen molar-refractivity contribution in [1.29, 1.82) is 0 Å². The van der Waals surface area contributed by atoms with E-state index in [1.54, 1.807) is 0 Å². The zero-order valence-electron chi connectivity index (χ0n) is 1.75. The molecule has 23 valence electrons. The molecule has 0 spiro atoms. The first-order chi connectivity index (χ1) is 0. The first kappa shape index (κ1) is 44.0. The van der Waals surface area contributed by atoms with E-state index < -0.39 is 0 Å². The van der Waals surface area contributed by atoms with Crippen LogP contribution in [0, 0.1) is 0 Å². The Balaban J connectivity index is 0. The van der Waals surface area contributed by atoms with Gasteiger partial charge in [-0.05, 0) is 0 Å². The third kappa shape index (κ3) is 9.36. The van der Waals surface area contributed by atoms with Crippen LogP contribution in [0.4, 0.5) is 4.70 Å². The second kappa shape index (κ2) is 22.4. The molecule has 3 radical (unpaired) electrons. The molecule has 0 aromatic rings. The fourth-order valence-corrected chi connectivity index (χ4v) is 0. The van der Waals surface area contributed by atoms with E-state index in [2.05, 4.69) is 0 Å². The van der Waals surface area contributed by atoms with Crippen molar-refractivity contribution in [1.82, 2.24) is 0 Å². The molecular formula is HFV3. The summed E-state index contributed by atoms with van der Waals surface area (Å²) >= 11 is 0. The van der Waals surface area contributed by atoms with Crippen molar-refractivity contribution in [2.24, 2.45) is 0 Å². The van der Waals surface area contributed by atoms with Gasteiger partial charge in [-0.1, -0.05) is 0 Å². The van der Waals surface area contributed by atoms with Crippen molar-refractivity contribution in [3.63, 3.8) is 0 Å². The first-order valence-corrected chi connectivity index (χ1v) is 0. The SMILES string of the molecule is F.[V].[V].[V]. The predicted octanol–water partition coefficient (Wildman–Crippen LogP) is 0.145.